The van der Waals surface area contributed by atoms with Crippen molar-refractivity contribution >= 4 is 81.6 Å². The van der Waals surface area contributed by atoms with E-state index in [1.54, 1.807) is 0 Å². The second kappa shape index (κ2) is 10.7. The first-order valence-electron chi connectivity index (χ1n) is 16.0. The second-order valence-electron chi connectivity index (χ2n) is 12.0. The molecule has 0 saturated carbocycles. The molecule has 0 spiro atoms. The van der Waals surface area contributed by atoms with Gasteiger partial charge < -0.3 is 13.7 Å². The normalized spacial score (nSPS) is 11.8. The molecule has 0 N–H and O–H groups in total. The van der Waals surface area contributed by atoms with Crippen LogP contribution in [0.2, 0.25) is 0 Å². The van der Waals surface area contributed by atoms with Gasteiger partial charge in [0.25, 0.3) is 0 Å². The Labute approximate surface area is 279 Å². The predicted molar refractivity (Wildman–Crippen MR) is 200 cm³/mol. The fourth-order valence-corrected chi connectivity index (χ4v) is 8.00. The lowest BCUT2D eigenvalue weighted by Crippen LogP contribution is -2.10. The zero-order valence-electron chi connectivity index (χ0n) is 25.6. The summed E-state index contributed by atoms with van der Waals surface area (Å²) < 4.78 is 15.6. The zero-order chi connectivity index (χ0) is 31.6. The van der Waals surface area contributed by atoms with E-state index in [4.69, 9.17) is 13.8 Å². The number of hydrogen-bond donors (Lipinski definition) is 0. The SMILES string of the molecule is c1ccc(-c2cccc(N(c3ccc4sc5ccccc5c4c3)c3cccc4c3oc3cccc(-c5nc6ccccc6o5)c34)c2)cc1. The van der Waals surface area contributed by atoms with Gasteiger partial charge in [0.1, 0.15) is 11.1 Å². The number of oxazole rings is 1. The van der Waals surface area contributed by atoms with Gasteiger partial charge in [-0.3, -0.25) is 0 Å². The molecule has 0 aliphatic rings. The first-order valence-corrected chi connectivity index (χ1v) is 16.8. The molecule has 0 atom stereocenters. The minimum atomic E-state index is 0.581. The number of para-hydroxylation sites is 3. The van der Waals surface area contributed by atoms with Crippen LogP contribution in [0.1, 0.15) is 0 Å². The van der Waals surface area contributed by atoms with E-state index >= 15 is 0 Å². The van der Waals surface area contributed by atoms with Gasteiger partial charge in [-0.05, 0) is 77.9 Å². The third-order valence-corrected chi connectivity index (χ3v) is 10.2. The Morgan fingerprint density at radius 1 is 0.500 bits per heavy atom. The van der Waals surface area contributed by atoms with E-state index in [-0.39, 0.29) is 0 Å². The molecule has 0 unspecified atom stereocenters. The third kappa shape index (κ3) is 4.25. The molecule has 48 heavy (non-hydrogen) atoms. The van der Waals surface area contributed by atoms with Crippen LogP contribution in [0, 0.1) is 0 Å². The van der Waals surface area contributed by atoms with E-state index in [1.165, 1.54) is 25.7 Å². The molecule has 5 heteroatoms. The van der Waals surface area contributed by atoms with Crippen molar-refractivity contribution in [1.82, 2.24) is 4.98 Å². The summed E-state index contributed by atoms with van der Waals surface area (Å²) in [5.41, 5.74) is 9.47. The summed E-state index contributed by atoms with van der Waals surface area (Å²) in [6.07, 6.45) is 0. The summed E-state index contributed by atoms with van der Waals surface area (Å²) >= 11 is 1.83. The molecule has 0 aliphatic heterocycles. The Morgan fingerprint density at radius 3 is 2.17 bits per heavy atom. The number of hydrogen-bond acceptors (Lipinski definition) is 5. The van der Waals surface area contributed by atoms with Gasteiger partial charge in [0.05, 0.1) is 5.69 Å². The molecule has 3 aromatic heterocycles. The van der Waals surface area contributed by atoms with Crippen LogP contribution >= 0.6 is 11.3 Å². The van der Waals surface area contributed by atoms with E-state index < -0.39 is 0 Å². The minimum Gasteiger partial charge on any atom is -0.454 e. The van der Waals surface area contributed by atoms with E-state index in [2.05, 4.69) is 126 Å². The molecule has 0 radical (unpaired) electrons. The second-order valence-corrected chi connectivity index (χ2v) is 13.0. The monoisotopic (exact) mass is 634 g/mol. The van der Waals surface area contributed by atoms with Crippen molar-refractivity contribution in [2.75, 3.05) is 4.90 Å². The van der Waals surface area contributed by atoms with Gasteiger partial charge in [0.2, 0.25) is 5.89 Å². The molecule has 0 fully saturated rings. The van der Waals surface area contributed by atoms with Gasteiger partial charge in [0, 0.05) is 47.9 Å². The first-order chi connectivity index (χ1) is 23.8. The van der Waals surface area contributed by atoms with Crippen LogP contribution in [-0.2, 0) is 0 Å². The largest absolute Gasteiger partial charge is 0.454 e. The lowest BCUT2D eigenvalue weighted by atomic mass is 10.0. The molecular weight excluding hydrogens is 609 g/mol. The van der Waals surface area contributed by atoms with Crippen molar-refractivity contribution in [2.24, 2.45) is 0 Å². The Morgan fingerprint density at radius 2 is 1.23 bits per heavy atom. The Kier molecular flexibility index (Phi) is 6.01. The van der Waals surface area contributed by atoms with Crippen LogP contribution < -0.4 is 4.90 Å². The topological polar surface area (TPSA) is 42.4 Å². The van der Waals surface area contributed by atoms with Gasteiger partial charge in [-0.15, -0.1) is 11.3 Å². The molecule has 0 amide bonds. The maximum Gasteiger partial charge on any atom is 0.228 e. The molecule has 226 valence electrons. The highest BCUT2D eigenvalue weighted by atomic mass is 32.1. The van der Waals surface area contributed by atoms with E-state index in [9.17, 15) is 0 Å². The van der Waals surface area contributed by atoms with Crippen LogP contribution in [0.15, 0.2) is 167 Å². The van der Waals surface area contributed by atoms with Crippen molar-refractivity contribution in [3.63, 3.8) is 0 Å². The summed E-state index contributed by atoms with van der Waals surface area (Å²) in [4.78, 5) is 7.16. The first kappa shape index (κ1) is 27.0. The lowest BCUT2D eigenvalue weighted by molar-refractivity contribution is 0.620. The summed E-state index contributed by atoms with van der Waals surface area (Å²) in [7, 11) is 0. The predicted octanol–water partition coefficient (Wildman–Crippen LogP) is 12.9. The highest BCUT2D eigenvalue weighted by Crippen LogP contribution is 2.46. The van der Waals surface area contributed by atoms with Crippen molar-refractivity contribution in [2.45, 2.75) is 0 Å². The van der Waals surface area contributed by atoms with Crippen molar-refractivity contribution in [3.8, 4) is 22.6 Å². The number of furan rings is 1. The number of anilines is 3. The molecule has 0 bridgehead atoms. The molecule has 0 saturated heterocycles. The molecule has 10 rings (SSSR count). The number of aromatic nitrogens is 1. The molecule has 7 aromatic carbocycles. The molecule has 0 aliphatic carbocycles. The number of rotatable bonds is 5. The van der Waals surface area contributed by atoms with Gasteiger partial charge in [0.15, 0.2) is 11.2 Å². The number of thiophene rings is 1. The summed E-state index contributed by atoms with van der Waals surface area (Å²) in [6, 6.07) is 55.0. The highest BCUT2D eigenvalue weighted by molar-refractivity contribution is 7.25. The summed E-state index contributed by atoms with van der Waals surface area (Å²) in [5, 5.41) is 4.50. The Bertz CT molecular complexity index is 2780. The zero-order valence-corrected chi connectivity index (χ0v) is 26.4. The van der Waals surface area contributed by atoms with Crippen LogP contribution in [0.5, 0.6) is 0 Å². The third-order valence-electron chi connectivity index (χ3n) is 9.10. The summed E-state index contributed by atoms with van der Waals surface area (Å²) in [6.45, 7) is 0. The van der Waals surface area contributed by atoms with Crippen molar-refractivity contribution < 1.29 is 8.83 Å². The average Bonchev–Trinajstić information content (AvgIpc) is 3.86. The molecule has 10 aromatic rings. The number of benzene rings is 7. The molecule has 3 heterocycles. The fourth-order valence-electron chi connectivity index (χ4n) is 6.91. The lowest BCUT2D eigenvalue weighted by Gasteiger charge is -2.26. The maximum atomic E-state index is 6.79. The van der Waals surface area contributed by atoms with Gasteiger partial charge in [-0.1, -0.05) is 91.0 Å². The number of fused-ring (bicyclic) bond motifs is 7. The summed E-state index contributed by atoms with van der Waals surface area (Å²) in [5.74, 6) is 0.581. The van der Waals surface area contributed by atoms with Crippen LogP contribution in [0.3, 0.4) is 0 Å². The van der Waals surface area contributed by atoms with Crippen LogP contribution in [0.4, 0.5) is 17.1 Å². The standard InChI is InChI=1S/C43H26N2O2S/c1-2-11-27(12-3-1)28-13-8-14-29(25-28)45(30-23-24-40-34(26-30)31-15-4-7-22-39(31)48-40)36-19-9-16-32-41-33(17-10-21-38(41)46-42(32)36)43-44-35-18-5-6-20-37(35)47-43/h1-26H. The minimum absolute atomic E-state index is 0.581. The van der Waals surface area contributed by atoms with Gasteiger partial charge in [-0.2, -0.15) is 0 Å². The highest BCUT2D eigenvalue weighted by Gasteiger charge is 2.23. The van der Waals surface area contributed by atoms with E-state index in [1.807, 2.05) is 47.7 Å². The smallest absolute Gasteiger partial charge is 0.228 e. The van der Waals surface area contributed by atoms with Crippen molar-refractivity contribution in [1.29, 1.82) is 0 Å². The van der Waals surface area contributed by atoms with E-state index in [0.717, 1.165) is 61.2 Å². The van der Waals surface area contributed by atoms with Gasteiger partial charge >= 0.3 is 0 Å². The number of nitrogens with zero attached hydrogens (tertiary/aromatic N) is 2. The Balaban J connectivity index is 1.23. The van der Waals surface area contributed by atoms with Crippen LogP contribution in [0.25, 0.3) is 75.8 Å². The Hall–Kier alpha value is -6.17. The fraction of sp³-hybridized carbons (Fsp3) is 0. The maximum absolute atomic E-state index is 6.79. The average molecular weight is 635 g/mol. The van der Waals surface area contributed by atoms with Crippen LogP contribution in [-0.4, -0.2) is 4.98 Å². The van der Waals surface area contributed by atoms with Crippen molar-refractivity contribution in [3.05, 3.63) is 158 Å². The quantitative estimate of drug-likeness (QED) is 0.189. The molecular formula is C43H26N2O2S. The van der Waals surface area contributed by atoms with Gasteiger partial charge in [-0.25, -0.2) is 4.98 Å². The van der Waals surface area contributed by atoms with E-state index in [0.29, 0.717) is 5.89 Å². The molecule has 4 nitrogen and oxygen atoms in total.